The Bertz CT molecular complexity index is 6180. The predicted octanol–water partition coefficient (Wildman–Crippen LogP) is 27.7. The molecule has 2 aromatic heterocycles. The second-order valence-electron chi connectivity index (χ2n) is 28.7. The van der Waals surface area contributed by atoms with E-state index >= 15 is 0 Å². The Hall–Kier alpha value is -13.7. The summed E-state index contributed by atoms with van der Waals surface area (Å²) in [6, 6.07) is 151. The Balaban J connectivity index is 0.000000158. The molecule has 0 N–H and O–H groups in total. The maximum Gasteiger partial charge on any atom is 0.0991 e. The van der Waals surface area contributed by atoms with Gasteiger partial charge in [-0.3, -0.25) is 0 Å². The van der Waals surface area contributed by atoms with Crippen molar-refractivity contribution in [2.45, 2.75) is 19.6 Å². The van der Waals surface area contributed by atoms with Crippen LogP contribution in [0.5, 0.6) is 0 Å². The highest BCUT2D eigenvalue weighted by molar-refractivity contribution is 6.88. The lowest BCUT2D eigenvalue weighted by Gasteiger charge is -2.17. The van der Waals surface area contributed by atoms with Gasteiger partial charge in [0.05, 0.1) is 42.1 Å². The number of aromatic nitrogens is 2. The van der Waals surface area contributed by atoms with E-state index in [0.29, 0.717) is 5.56 Å². The third-order valence-corrected chi connectivity index (χ3v) is 23.0. The molecule has 0 aliphatic heterocycles. The molecular weight excluding hydrogens is 1320 g/mol. The van der Waals surface area contributed by atoms with E-state index in [2.05, 4.69) is 423 Å². The minimum atomic E-state index is -1.37. The number of benzene rings is 16. The molecule has 18 rings (SSSR count). The Morgan fingerprint density at radius 1 is 0.213 bits per heavy atom. The summed E-state index contributed by atoms with van der Waals surface area (Å²) in [5.74, 6) is 0. The first-order chi connectivity index (χ1) is 53.1. The molecule has 18 aromatic rings. The van der Waals surface area contributed by atoms with Gasteiger partial charge in [0.25, 0.3) is 0 Å². The molecule has 0 bridgehead atoms. The monoisotopic (exact) mass is 1400 g/mol. The highest BCUT2D eigenvalue weighted by atomic mass is 28.3. The van der Waals surface area contributed by atoms with Crippen molar-refractivity contribution in [1.82, 2.24) is 9.13 Å². The minimum absolute atomic E-state index is 0.660. The zero-order chi connectivity index (χ0) is 72.9. The third-order valence-electron chi connectivity index (χ3n) is 20.9. The van der Waals surface area contributed by atoms with Gasteiger partial charge in [0.2, 0.25) is 0 Å². The number of rotatable bonds is 15. The van der Waals surface area contributed by atoms with Crippen LogP contribution in [0.25, 0.3) is 167 Å². The maximum atomic E-state index is 9.30. The predicted molar refractivity (Wildman–Crippen MR) is 459 cm³/mol. The Labute approximate surface area is 634 Å². The molecule has 0 aliphatic rings. The van der Waals surface area contributed by atoms with Gasteiger partial charge in [0, 0.05) is 33.3 Å². The number of hydrogen-bond donors (Lipinski definition) is 0. The lowest BCUT2D eigenvalue weighted by atomic mass is 9.94. The first-order valence-corrected chi connectivity index (χ1v) is 40.6. The Morgan fingerprint density at radius 3 is 0.694 bits per heavy atom. The van der Waals surface area contributed by atoms with Gasteiger partial charge in [0.1, 0.15) is 0 Å². The van der Waals surface area contributed by atoms with Crippen molar-refractivity contribution in [1.29, 1.82) is 5.26 Å². The van der Waals surface area contributed by atoms with E-state index in [1.165, 1.54) is 127 Å². The summed E-state index contributed by atoms with van der Waals surface area (Å²) in [7, 11) is -1.37. The van der Waals surface area contributed by atoms with Gasteiger partial charge in [0.15, 0.2) is 0 Å². The molecule has 2 heterocycles. The number of nitrogens with zero attached hydrogens (tertiary/aromatic N) is 3. The van der Waals surface area contributed by atoms with Gasteiger partial charge >= 0.3 is 0 Å². The van der Waals surface area contributed by atoms with Crippen LogP contribution in [0.15, 0.2) is 413 Å². The summed E-state index contributed by atoms with van der Waals surface area (Å²) in [4.78, 5) is 0. The van der Waals surface area contributed by atoms with Crippen molar-refractivity contribution < 1.29 is 0 Å². The number of hydrogen-bond acceptors (Lipinski definition) is 1. The molecule has 108 heavy (non-hydrogen) atoms. The first kappa shape index (κ1) is 67.5. The Morgan fingerprint density at radius 2 is 0.426 bits per heavy atom. The fraction of sp³-hybridized carbons (Fsp3) is 0.0288. The molecule has 0 saturated carbocycles. The molecule has 0 saturated heterocycles. The zero-order valence-electron chi connectivity index (χ0n) is 60.6. The lowest BCUT2D eigenvalue weighted by Crippen LogP contribution is -2.37. The van der Waals surface area contributed by atoms with Crippen LogP contribution in [0, 0.1) is 11.3 Å². The summed E-state index contributed by atoms with van der Waals surface area (Å²) >= 11 is 0. The third kappa shape index (κ3) is 13.8. The molecule has 0 spiro atoms. The molecule has 0 unspecified atom stereocenters. The van der Waals surface area contributed by atoms with E-state index < -0.39 is 8.07 Å². The molecule has 0 amide bonds. The summed E-state index contributed by atoms with van der Waals surface area (Å²) in [6.07, 6.45) is 0. The smallest absolute Gasteiger partial charge is 0.0991 e. The second kappa shape index (κ2) is 29.8. The van der Waals surface area contributed by atoms with Gasteiger partial charge in [-0.2, -0.15) is 5.26 Å². The van der Waals surface area contributed by atoms with Crippen molar-refractivity contribution in [2.24, 2.45) is 0 Å². The molecule has 4 heteroatoms. The van der Waals surface area contributed by atoms with Crippen LogP contribution in [-0.4, -0.2) is 17.2 Å². The van der Waals surface area contributed by atoms with E-state index in [9.17, 15) is 5.26 Å². The quantitative estimate of drug-likeness (QED) is 0.0942. The van der Waals surface area contributed by atoms with Gasteiger partial charge in [-0.1, -0.05) is 377 Å². The van der Waals surface area contributed by atoms with Crippen LogP contribution in [0.2, 0.25) is 19.6 Å². The maximum absolute atomic E-state index is 9.30. The van der Waals surface area contributed by atoms with Crippen LogP contribution in [0.3, 0.4) is 0 Å². The fourth-order valence-corrected chi connectivity index (χ4v) is 16.4. The van der Waals surface area contributed by atoms with Crippen molar-refractivity contribution in [3.63, 3.8) is 0 Å². The number of nitriles is 1. The highest BCUT2D eigenvalue weighted by Gasteiger charge is 2.25. The second-order valence-corrected chi connectivity index (χ2v) is 33.8. The summed E-state index contributed by atoms with van der Waals surface area (Å²) in [6.45, 7) is 7.21. The van der Waals surface area contributed by atoms with Crippen LogP contribution in [-0.2, 0) is 0 Å². The van der Waals surface area contributed by atoms with E-state index in [-0.39, 0.29) is 0 Å². The molecule has 512 valence electrons. The largest absolute Gasteiger partial charge is 0.309 e. The molecule has 0 fully saturated rings. The average molecular weight is 1400 g/mol. The van der Waals surface area contributed by atoms with Crippen molar-refractivity contribution in [3.8, 4) is 151 Å². The highest BCUT2D eigenvalue weighted by Crippen LogP contribution is 2.48. The first-order valence-electron chi connectivity index (χ1n) is 37.1. The molecule has 0 atom stereocenters. The SMILES string of the molecule is C[Si](C)(C)c1ccc(-c2ccc(-n3c(-c4ccccc4)c(-c4ccc(-c5ccccc5)cc4)c4cc(-c5ccc(-c6ccccc6)cc5)ccc43)cc2)cc1.N#Cc1ccc(-c2ccc(-n3c(-c4ccccc4)c(-c4ccc(-c5ccccc5)cc4)c4cc(-c5ccc(-c6ccccc6)cc5)ccc43)cc2)cc1. The summed E-state index contributed by atoms with van der Waals surface area (Å²) in [5, 5.41) is 13.2. The fourth-order valence-electron chi connectivity index (χ4n) is 15.2. The van der Waals surface area contributed by atoms with Gasteiger partial charge in [-0.15, -0.1) is 0 Å². The van der Waals surface area contributed by atoms with Crippen LogP contribution in [0.1, 0.15) is 5.56 Å². The van der Waals surface area contributed by atoms with E-state index in [4.69, 9.17) is 0 Å². The Kier molecular flexibility index (Phi) is 18.6. The van der Waals surface area contributed by atoms with Crippen molar-refractivity contribution >= 4 is 35.1 Å². The molecule has 0 aliphatic carbocycles. The molecule has 0 radical (unpaired) electrons. The van der Waals surface area contributed by atoms with Crippen LogP contribution in [0.4, 0.5) is 0 Å². The van der Waals surface area contributed by atoms with E-state index in [0.717, 1.165) is 44.8 Å². The molecule has 16 aromatic carbocycles. The normalized spacial score (nSPS) is 11.3. The average Bonchev–Trinajstić information content (AvgIpc) is 1.58. The van der Waals surface area contributed by atoms with Crippen LogP contribution >= 0.6 is 0 Å². The van der Waals surface area contributed by atoms with Crippen LogP contribution < -0.4 is 5.19 Å². The molecule has 3 nitrogen and oxygen atoms in total. The van der Waals surface area contributed by atoms with E-state index in [1.807, 2.05) is 24.3 Å². The summed E-state index contributed by atoms with van der Waals surface area (Å²) in [5.41, 5.74) is 33.7. The number of fused-ring (bicyclic) bond motifs is 2. The summed E-state index contributed by atoms with van der Waals surface area (Å²) < 4.78 is 4.88. The van der Waals surface area contributed by atoms with Gasteiger partial charge in [-0.25, -0.2) is 0 Å². The van der Waals surface area contributed by atoms with Crippen molar-refractivity contribution in [2.75, 3.05) is 0 Å². The molecular formula is C104H77N3Si. The minimum Gasteiger partial charge on any atom is -0.309 e. The van der Waals surface area contributed by atoms with Gasteiger partial charge < -0.3 is 9.13 Å². The topological polar surface area (TPSA) is 33.6 Å². The van der Waals surface area contributed by atoms with Crippen molar-refractivity contribution in [3.05, 3.63) is 418 Å². The van der Waals surface area contributed by atoms with E-state index in [1.54, 1.807) is 0 Å². The van der Waals surface area contributed by atoms with Gasteiger partial charge in [-0.05, 0) is 172 Å². The standard InChI is InChI=1S/C53H43NSi.C51H34N2/c1-55(2,3)49-34-29-43(30-35-49)42-27-32-48(33-28-42)54-51-36-31-47(44-21-19-40(20-22-44)38-13-7-4-8-14-38)37-50(51)52(53(54)46-17-11-6-12-18-46)45-25-23-41(24-26-45)39-15-9-5-10-16-39;52-35-36-16-18-39(19-17-36)42-28-31-47(32-29-42)53-49-33-30-46(43-22-20-40(21-23-43)37-10-4-1-5-11-37)34-48(49)50(51(53)45-14-8-3-9-15-45)44-26-24-41(25-27-44)38-12-6-2-7-13-38/h4-37H,1-3H3;1-34H. The zero-order valence-corrected chi connectivity index (χ0v) is 61.6. The lowest BCUT2D eigenvalue weighted by molar-refractivity contribution is 1.14.